The highest BCUT2D eigenvalue weighted by Crippen LogP contribution is 2.31. The number of anilines is 1. The first kappa shape index (κ1) is 12.8. The molecule has 2 N–H and O–H groups in total. The van der Waals surface area contributed by atoms with Crippen molar-refractivity contribution in [2.45, 2.75) is 32.2 Å². The third-order valence-corrected chi connectivity index (χ3v) is 3.85. The Morgan fingerprint density at radius 1 is 1.50 bits per heavy atom. The zero-order chi connectivity index (χ0) is 13.1. The monoisotopic (exact) mass is 244 g/mol. The molecule has 2 atom stereocenters. The molecule has 4 heteroatoms. The van der Waals surface area contributed by atoms with Crippen molar-refractivity contribution in [1.29, 1.82) is 5.26 Å². The fraction of sp³-hybridized carbons (Fsp3) is 0.571. The van der Waals surface area contributed by atoms with E-state index < -0.39 is 0 Å². The van der Waals surface area contributed by atoms with Crippen molar-refractivity contribution in [2.24, 2.45) is 11.7 Å². The molecule has 1 aliphatic carbocycles. The molecule has 1 aliphatic rings. The Morgan fingerprint density at radius 2 is 2.28 bits per heavy atom. The van der Waals surface area contributed by atoms with Crippen molar-refractivity contribution < 1.29 is 0 Å². The van der Waals surface area contributed by atoms with Crippen LogP contribution in [0.1, 0.15) is 30.5 Å². The molecule has 0 aromatic carbocycles. The van der Waals surface area contributed by atoms with E-state index in [1.54, 1.807) is 0 Å². The Hall–Kier alpha value is -1.60. The molecule has 1 saturated carbocycles. The summed E-state index contributed by atoms with van der Waals surface area (Å²) in [5.41, 5.74) is 7.39. The summed E-state index contributed by atoms with van der Waals surface area (Å²) in [5, 5.41) is 9.02. The number of nitriles is 1. The average molecular weight is 244 g/mol. The molecular formula is C14H20N4. The lowest BCUT2D eigenvalue weighted by Gasteiger charge is -2.30. The van der Waals surface area contributed by atoms with Gasteiger partial charge in [-0.25, -0.2) is 4.98 Å². The van der Waals surface area contributed by atoms with Crippen molar-refractivity contribution in [2.75, 3.05) is 18.5 Å². The Balaban J connectivity index is 2.25. The van der Waals surface area contributed by atoms with Crippen LogP contribution in [-0.2, 0) is 0 Å². The van der Waals surface area contributed by atoms with Crippen LogP contribution in [0, 0.1) is 24.2 Å². The Labute approximate surface area is 108 Å². The molecule has 1 heterocycles. The number of aryl methyl sites for hydroxylation is 1. The van der Waals surface area contributed by atoms with Gasteiger partial charge < -0.3 is 10.6 Å². The first-order chi connectivity index (χ1) is 8.65. The normalized spacial score (nSPS) is 22.8. The molecule has 0 aliphatic heterocycles. The summed E-state index contributed by atoms with van der Waals surface area (Å²) >= 11 is 0. The Morgan fingerprint density at radius 3 is 2.94 bits per heavy atom. The van der Waals surface area contributed by atoms with Crippen LogP contribution in [-0.4, -0.2) is 24.6 Å². The third kappa shape index (κ3) is 2.46. The minimum Gasteiger partial charge on any atom is -0.356 e. The first-order valence-corrected chi connectivity index (χ1v) is 6.47. The van der Waals surface area contributed by atoms with Crippen molar-refractivity contribution >= 4 is 5.82 Å². The maximum atomic E-state index is 9.02. The zero-order valence-electron chi connectivity index (χ0n) is 11.1. The molecule has 2 rings (SSSR count). The number of nitrogens with zero attached hydrogens (tertiary/aromatic N) is 3. The van der Waals surface area contributed by atoms with E-state index in [2.05, 4.69) is 23.0 Å². The van der Waals surface area contributed by atoms with Crippen molar-refractivity contribution in [3.8, 4) is 6.07 Å². The van der Waals surface area contributed by atoms with E-state index in [0.717, 1.165) is 24.5 Å². The van der Waals surface area contributed by atoms with Crippen LogP contribution in [0.15, 0.2) is 12.1 Å². The fourth-order valence-electron chi connectivity index (χ4n) is 2.87. The highest BCUT2D eigenvalue weighted by molar-refractivity contribution is 5.47. The lowest BCUT2D eigenvalue weighted by molar-refractivity contribution is 0.472. The average Bonchev–Trinajstić information content (AvgIpc) is 2.85. The molecule has 18 heavy (non-hydrogen) atoms. The zero-order valence-corrected chi connectivity index (χ0v) is 11.1. The highest BCUT2D eigenvalue weighted by atomic mass is 15.2. The van der Waals surface area contributed by atoms with Gasteiger partial charge >= 0.3 is 0 Å². The summed E-state index contributed by atoms with van der Waals surface area (Å²) in [7, 11) is 2.06. The van der Waals surface area contributed by atoms with E-state index in [0.29, 0.717) is 17.5 Å². The summed E-state index contributed by atoms with van der Waals surface area (Å²) < 4.78 is 0. The molecule has 96 valence electrons. The highest BCUT2D eigenvalue weighted by Gasteiger charge is 2.30. The number of aromatic nitrogens is 1. The van der Waals surface area contributed by atoms with Gasteiger partial charge in [0.1, 0.15) is 5.82 Å². The lowest BCUT2D eigenvalue weighted by Crippen LogP contribution is -2.38. The molecule has 0 amide bonds. The van der Waals surface area contributed by atoms with Crippen molar-refractivity contribution in [3.63, 3.8) is 0 Å². The maximum absolute atomic E-state index is 9.02. The van der Waals surface area contributed by atoms with Crippen LogP contribution in [0.5, 0.6) is 0 Å². The summed E-state index contributed by atoms with van der Waals surface area (Å²) in [6.45, 7) is 2.65. The largest absolute Gasteiger partial charge is 0.356 e. The van der Waals surface area contributed by atoms with E-state index in [1.165, 1.54) is 12.8 Å². The van der Waals surface area contributed by atoms with Gasteiger partial charge in [0, 0.05) is 18.8 Å². The van der Waals surface area contributed by atoms with Crippen molar-refractivity contribution in [1.82, 2.24) is 4.98 Å². The molecular weight excluding hydrogens is 224 g/mol. The Kier molecular flexibility index (Phi) is 3.83. The lowest BCUT2D eigenvalue weighted by atomic mass is 10.0. The first-order valence-electron chi connectivity index (χ1n) is 6.47. The predicted octanol–water partition coefficient (Wildman–Crippen LogP) is 1.83. The summed E-state index contributed by atoms with van der Waals surface area (Å²) in [4.78, 5) is 6.72. The Bertz CT molecular complexity index is 463. The summed E-state index contributed by atoms with van der Waals surface area (Å²) in [6, 6.07) is 6.31. The van der Waals surface area contributed by atoms with Crippen LogP contribution in [0.2, 0.25) is 0 Å². The minimum absolute atomic E-state index is 0.454. The number of nitrogens with two attached hydrogens (primary N) is 1. The number of pyridine rings is 1. The van der Waals surface area contributed by atoms with Gasteiger partial charge in [0.05, 0.1) is 11.6 Å². The molecule has 0 bridgehead atoms. The number of rotatable bonds is 3. The van der Waals surface area contributed by atoms with Gasteiger partial charge in [-0.1, -0.05) is 6.42 Å². The molecule has 4 nitrogen and oxygen atoms in total. The van der Waals surface area contributed by atoms with E-state index in [-0.39, 0.29) is 0 Å². The molecule has 0 saturated heterocycles. The predicted molar refractivity (Wildman–Crippen MR) is 72.3 cm³/mol. The topological polar surface area (TPSA) is 65.9 Å². The van der Waals surface area contributed by atoms with E-state index in [4.69, 9.17) is 11.0 Å². The van der Waals surface area contributed by atoms with E-state index >= 15 is 0 Å². The maximum Gasteiger partial charge on any atom is 0.130 e. The minimum atomic E-state index is 0.454. The second kappa shape index (κ2) is 5.36. The van der Waals surface area contributed by atoms with Gasteiger partial charge in [-0.3, -0.25) is 0 Å². The van der Waals surface area contributed by atoms with Gasteiger partial charge in [0.2, 0.25) is 0 Å². The molecule has 0 spiro atoms. The van der Waals surface area contributed by atoms with Crippen molar-refractivity contribution in [3.05, 3.63) is 23.4 Å². The van der Waals surface area contributed by atoms with Crippen LogP contribution in [0.4, 0.5) is 5.82 Å². The van der Waals surface area contributed by atoms with Gasteiger partial charge in [-0.05, 0) is 44.4 Å². The fourth-order valence-corrected chi connectivity index (χ4v) is 2.87. The van der Waals surface area contributed by atoms with Gasteiger partial charge in [0.25, 0.3) is 0 Å². The molecule has 1 aromatic rings. The number of hydrogen-bond acceptors (Lipinski definition) is 4. The van der Waals surface area contributed by atoms with Gasteiger partial charge in [-0.2, -0.15) is 5.26 Å². The summed E-state index contributed by atoms with van der Waals surface area (Å²) in [5.74, 6) is 1.43. The smallest absolute Gasteiger partial charge is 0.130 e. The second-order valence-corrected chi connectivity index (χ2v) is 5.07. The van der Waals surface area contributed by atoms with Gasteiger partial charge in [0.15, 0.2) is 0 Å². The molecule has 0 radical (unpaired) electrons. The number of hydrogen-bond donors (Lipinski definition) is 1. The standard InChI is InChI=1S/C14H20N4/c1-10-6-11(8-15)7-14(17-10)18(2)13-5-3-4-12(13)9-16/h6-7,12-13H,3-5,9,16H2,1-2H3. The van der Waals surface area contributed by atoms with Crippen LogP contribution >= 0.6 is 0 Å². The third-order valence-electron chi connectivity index (χ3n) is 3.85. The second-order valence-electron chi connectivity index (χ2n) is 5.07. The van der Waals surface area contributed by atoms with Gasteiger partial charge in [-0.15, -0.1) is 0 Å². The molecule has 2 unspecified atom stereocenters. The summed E-state index contributed by atoms with van der Waals surface area (Å²) in [6.07, 6.45) is 3.59. The van der Waals surface area contributed by atoms with Crippen LogP contribution in [0.3, 0.4) is 0 Å². The SMILES string of the molecule is Cc1cc(C#N)cc(N(C)C2CCCC2CN)n1. The molecule has 1 fully saturated rings. The van der Waals surface area contributed by atoms with E-state index in [1.807, 2.05) is 19.1 Å². The van der Waals surface area contributed by atoms with Crippen LogP contribution < -0.4 is 10.6 Å². The van der Waals surface area contributed by atoms with Crippen LogP contribution in [0.25, 0.3) is 0 Å². The quantitative estimate of drug-likeness (QED) is 0.881. The molecule has 1 aromatic heterocycles. The van der Waals surface area contributed by atoms with E-state index in [9.17, 15) is 0 Å².